The van der Waals surface area contributed by atoms with E-state index in [1.165, 1.54) is 22.5 Å². The minimum Gasteiger partial charge on any atom is -0.329 e. The second-order valence-corrected chi connectivity index (χ2v) is 8.00. The zero-order valence-electron chi connectivity index (χ0n) is 16.7. The van der Waals surface area contributed by atoms with Crippen LogP contribution in [-0.2, 0) is 11.2 Å². The summed E-state index contributed by atoms with van der Waals surface area (Å²) in [6.07, 6.45) is 0.775. The molecule has 0 saturated carbocycles. The Morgan fingerprint density at radius 3 is 2.45 bits per heavy atom. The maximum atomic E-state index is 12.2. The summed E-state index contributed by atoms with van der Waals surface area (Å²) in [5.74, 6) is -0.319. The first-order chi connectivity index (χ1) is 13.9. The second-order valence-electron chi connectivity index (χ2n) is 6.92. The van der Waals surface area contributed by atoms with E-state index >= 15 is 0 Å². The molecule has 29 heavy (non-hydrogen) atoms. The van der Waals surface area contributed by atoms with Crippen LogP contribution in [0, 0.1) is 20.8 Å². The first-order valence-corrected chi connectivity index (χ1v) is 10.1. The van der Waals surface area contributed by atoms with Crippen molar-refractivity contribution in [1.29, 1.82) is 0 Å². The molecule has 150 valence electrons. The van der Waals surface area contributed by atoms with Gasteiger partial charge in [-0.3, -0.25) is 4.79 Å². The smallest absolute Gasteiger partial charge is 0.319 e. The van der Waals surface area contributed by atoms with Gasteiger partial charge in [0.05, 0.1) is 12.2 Å². The highest BCUT2D eigenvalue weighted by Gasteiger charge is 2.12. The number of aryl methyl sites for hydroxylation is 3. The third-order valence-electron chi connectivity index (χ3n) is 4.31. The lowest BCUT2D eigenvalue weighted by Gasteiger charge is -2.07. The van der Waals surface area contributed by atoms with Crippen molar-refractivity contribution in [2.24, 2.45) is 0 Å². The summed E-state index contributed by atoms with van der Waals surface area (Å²) in [6.45, 7) is 5.80. The van der Waals surface area contributed by atoms with Crippen LogP contribution in [0.4, 0.5) is 15.6 Å². The number of anilines is 2. The molecule has 1 aromatic heterocycles. The predicted octanol–water partition coefficient (Wildman–Crippen LogP) is 4.42. The molecule has 0 spiro atoms. The van der Waals surface area contributed by atoms with Gasteiger partial charge in [0.2, 0.25) is 5.91 Å². The lowest BCUT2D eigenvalue weighted by Crippen LogP contribution is -2.35. The molecule has 3 rings (SSSR count). The average molecular weight is 409 g/mol. The molecule has 0 atom stereocenters. The van der Waals surface area contributed by atoms with E-state index in [9.17, 15) is 9.59 Å². The van der Waals surface area contributed by atoms with E-state index in [0.717, 1.165) is 22.6 Å². The van der Waals surface area contributed by atoms with Gasteiger partial charge in [0.15, 0.2) is 5.13 Å². The molecule has 1 heterocycles. The van der Waals surface area contributed by atoms with E-state index in [0.29, 0.717) is 10.8 Å². The summed E-state index contributed by atoms with van der Waals surface area (Å²) in [5, 5.41) is 8.55. The predicted molar refractivity (Wildman–Crippen MR) is 118 cm³/mol. The number of carbonyl (C=O) groups is 2. The maximum Gasteiger partial charge on any atom is 0.319 e. The minimum absolute atomic E-state index is 0.135. The highest BCUT2D eigenvalue weighted by molar-refractivity contribution is 7.15. The van der Waals surface area contributed by atoms with Crippen molar-refractivity contribution in [2.45, 2.75) is 27.2 Å². The molecule has 0 bridgehead atoms. The summed E-state index contributed by atoms with van der Waals surface area (Å²) in [7, 11) is 0. The number of thiazole rings is 1. The fourth-order valence-electron chi connectivity index (χ4n) is 2.76. The molecular weight excluding hydrogens is 384 g/mol. The van der Waals surface area contributed by atoms with Crippen LogP contribution < -0.4 is 16.0 Å². The number of nitrogens with one attached hydrogen (secondary N) is 3. The molecule has 3 aromatic rings. The van der Waals surface area contributed by atoms with Gasteiger partial charge in [0.25, 0.3) is 0 Å². The maximum absolute atomic E-state index is 12.2. The van der Waals surface area contributed by atoms with E-state index in [1.54, 1.807) is 6.07 Å². The van der Waals surface area contributed by atoms with Gasteiger partial charge in [-0.15, -0.1) is 11.3 Å². The lowest BCUT2D eigenvalue weighted by molar-refractivity contribution is -0.115. The van der Waals surface area contributed by atoms with Crippen molar-refractivity contribution >= 4 is 34.1 Å². The molecular formula is C22H24N4O2S. The van der Waals surface area contributed by atoms with Crippen LogP contribution in [-0.4, -0.2) is 23.5 Å². The molecule has 0 aliphatic rings. The van der Waals surface area contributed by atoms with E-state index in [2.05, 4.69) is 52.1 Å². The number of amides is 3. The largest absolute Gasteiger partial charge is 0.329 e. The minimum atomic E-state index is -0.430. The number of urea groups is 1. The van der Waals surface area contributed by atoms with Crippen LogP contribution in [0.15, 0.2) is 48.5 Å². The van der Waals surface area contributed by atoms with Crippen LogP contribution in [0.1, 0.15) is 27.3 Å². The summed E-state index contributed by atoms with van der Waals surface area (Å²) >= 11 is 1.45. The summed E-state index contributed by atoms with van der Waals surface area (Å²) in [6, 6.07) is 15.4. The topological polar surface area (TPSA) is 83.1 Å². The molecule has 3 amide bonds. The standard InChI is InChI=1S/C22H24N4O2S/c1-14-7-9-17(10-8-14)12-19-16(3)24-22(29-19)26-20(27)13-23-21(28)25-18-6-4-5-15(2)11-18/h4-11H,12-13H2,1-3H3,(H2,23,25,28)(H,24,26,27). The Morgan fingerprint density at radius 1 is 0.966 bits per heavy atom. The molecule has 6 nitrogen and oxygen atoms in total. The van der Waals surface area contributed by atoms with Gasteiger partial charge in [-0.2, -0.15) is 0 Å². The Labute approximate surface area is 174 Å². The van der Waals surface area contributed by atoms with Crippen LogP contribution in [0.25, 0.3) is 0 Å². The van der Waals surface area contributed by atoms with E-state index in [1.807, 2.05) is 32.0 Å². The number of carbonyl (C=O) groups excluding carboxylic acids is 2. The summed E-state index contributed by atoms with van der Waals surface area (Å²) in [5.41, 5.74) is 5.05. The molecule has 0 saturated heterocycles. The molecule has 2 aromatic carbocycles. The van der Waals surface area contributed by atoms with E-state index in [-0.39, 0.29) is 12.5 Å². The number of aromatic nitrogens is 1. The average Bonchev–Trinajstić information content (AvgIpc) is 3.01. The van der Waals surface area contributed by atoms with Crippen LogP contribution >= 0.6 is 11.3 Å². The molecule has 0 radical (unpaired) electrons. The highest BCUT2D eigenvalue weighted by atomic mass is 32.1. The molecule has 0 aliphatic heterocycles. The van der Waals surface area contributed by atoms with Crippen molar-refractivity contribution in [1.82, 2.24) is 10.3 Å². The Balaban J connectivity index is 1.50. The first-order valence-electron chi connectivity index (χ1n) is 9.32. The zero-order chi connectivity index (χ0) is 20.8. The second kappa shape index (κ2) is 9.34. The fraction of sp³-hybridized carbons (Fsp3) is 0.227. The van der Waals surface area contributed by atoms with Crippen LogP contribution in [0.2, 0.25) is 0 Å². The Hall–Kier alpha value is -3.19. The van der Waals surface area contributed by atoms with Gasteiger partial charge in [-0.1, -0.05) is 42.0 Å². The SMILES string of the molecule is Cc1ccc(Cc2sc(NC(=O)CNC(=O)Nc3cccc(C)c3)nc2C)cc1. The third kappa shape index (κ3) is 6.15. The van der Waals surface area contributed by atoms with Gasteiger partial charge in [-0.05, 0) is 44.0 Å². The van der Waals surface area contributed by atoms with Crippen molar-refractivity contribution in [3.63, 3.8) is 0 Å². The van der Waals surface area contributed by atoms with E-state index < -0.39 is 6.03 Å². The Kier molecular flexibility index (Phi) is 6.61. The van der Waals surface area contributed by atoms with Crippen molar-refractivity contribution in [2.75, 3.05) is 17.2 Å². The quantitative estimate of drug-likeness (QED) is 0.565. The third-order valence-corrected chi connectivity index (χ3v) is 5.38. The lowest BCUT2D eigenvalue weighted by atomic mass is 10.1. The number of hydrogen-bond donors (Lipinski definition) is 3. The molecule has 3 N–H and O–H groups in total. The number of hydrogen-bond acceptors (Lipinski definition) is 4. The van der Waals surface area contributed by atoms with Gasteiger partial charge in [-0.25, -0.2) is 9.78 Å². The summed E-state index contributed by atoms with van der Waals surface area (Å²) in [4.78, 5) is 29.6. The van der Waals surface area contributed by atoms with E-state index in [4.69, 9.17) is 0 Å². The number of benzene rings is 2. The molecule has 7 heteroatoms. The van der Waals surface area contributed by atoms with Crippen LogP contribution in [0.3, 0.4) is 0 Å². The van der Waals surface area contributed by atoms with Crippen molar-refractivity contribution in [3.05, 3.63) is 75.8 Å². The molecule has 0 aliphatic carbocycles. The molecule has 0 unspecified atom stereocenters. The van der Waals surface area contributed by atoms with Crippen LogP contribution in [0.5, 0.6) is 0 Å². The fourth-order valence-corrected chi connectivity index (χ4v) is 3.77. The summed E-state index contributed by atoms with van der Waals surface area (Å²) < 4.78 is 0. The zero-order valence-corrected chi connectivity index (χ0v) is 17.5. The molecule has 0 fully saturated rings. The van der Waals surface area contributed by atoms with Gasteiger partial charge >= 0.3 is 6.03 Å². The Bertz CT molecular complexity index is 1010. The van der Waals surface area contributed by atoms with Crippen molar-refractivity contribution in [3.8, 4) is 0 Å². The first kappa shape index (κ1) is 20.5. The Morgan fingerprint density at radius 2 is 1.72 bits per heavy atom. The monoisotopic (exact) mass is 408 g/mol. The van der Waals surface area contributed by atoms with Crippen molar-refractivity contribution < 1.29 is 9.59 Å². The highest BCUT2D eigenvalue weighted by Crippen LogP contribution is 2.25. The van der Waals surface area contributed by atoms with Gasteiger partial charge in [0, 0.05) is 17.0 Å². The number of rotatable bonds is 6. The van der Waals surface area contributed by atoms with Gasteiger partial charge < -0.3 is 16.0 Å². The number of nitrogens with zero attached hydrogens (tertiary/aromatic N) is 1. The normalized spacial score (nSPS) is 10.4. The van der Waals surface area contributed by atoms with Gasteiger partial charge in [0.1, 0.15) is 0 Å².